The van der Waals surface area contributed by atoms with Gasteiger partial charge in [-0.2, -0.15) is 0 Å². The molecule has 0 heteroatoms. The molecule has 0 heterocycles. The Morgan fingerprint density at radius 3 is 1.95 bits per heavy atom. The maximum absolute atomic E-state index is 2.36. The Balaban J connectivity index is 1.35. The van der Waals surface area contributed by atoms with Crippen LogP contribution in [-0.2, 0) is 0 Å². The van der Waals surface area contributed by atoms with Crippen LogP contribution in [0.4, 0.5) is 0 Å². The van der Waals surface area contributed by atoms with E-state index in [1.165, 1.54) is 64.2 Å². The van der Waals surface area contributed by atoms with Crippen molar-refractivity contribution < 1.29 is 0 Å². The van der Waals surface area contributed by atoms with Crippen LogP contribution in [0.2, 0.25) is 0 Å². The van der Waals surface area contributed by atoms with E-state index in [9.17, 15) is 0 Å². The summed E-state index contributed by atoms with van der Waals surface area (Å²) in [5.41, 5.74) is 0. The molecule has 0 amide bonds. The van der Waals surface area contributed by atoms with Crippen LogP contribution >= 0.6 is 0 Å². The van der Waals surface area contributed by atoms with Gasteiger partial charge in [-0.1, -0.05) is 37.8 Å². The Morgan fingerprint density at radius 2 is 1.40 bits per heavy atom. The molecule has 0 spiro atoms. The largest absolute Gasteiger partial charge is 0.0911 e. The average molecular weight is 272 g/mol. The van der Waals surface area contributed by atoms with Gasteiger partial charge in [0.25, 0.3) is 0 Å². The van der Waals surface area contributed by atoms with Crippen molar-refractivity contribution in [2.75, 3.05) is 0 Å². The third-order valence-corrected chi connectivity index (χ3v) is 6.04. The fourth-order valence-electron chi connectivity index (χ4n) is 4.42. The lowest BCUT2D eigenvalue weighted by Crippen LogP contribution is -2.23. The van der Waals surface area contributed by atoms with Crippen molar-refractivity contribution in [2.24, 2.45) is 17.8 Å². The molecule has 0 atom stereocenters. The van der Waals surface area contributed by atoms with Crippen LogP contribution in [0, 0.1) is 29.6 Å². The second-order valence-electron chi connectivity index (χ2n) is 7.55. The molecule has 2 radical (unpaired) electrons. The Kier molecular flexibility index (Phi) is 5.24. The van der Waals surface area contributed by atoms with Crippen molar-refractivity contribution in [1.29, 1.82) is 0 Å². The smallest absolute Gasteiger partial charge is 0.00272 e. The Labute approximate surface area is 126 Å². The third-order valence-electron chi connectivity index (χ3n) is 6.04. The van der Waals surface area contributed by atoms with E-state index in [0.717, 1.165) is 17.8 Å². The van der Waals surface area contributed by atoms with Crippen molar-refractivity contribution >= 4 is 0 Å². The minimum Gasteiger partial charge on any atom is -0.0911 e. The third kappa shape index (κ3) is 4.12. The van der Waals surface area contributed by atoms with Crippen LogP contribution in [0.25, 0.3) is 0 Å². The van der Waals surface area contributed by atoms with E-state index in [1.54, 1.807) is 18.8 Å². The second kappa shape index (κ2) is 7.14. The van der Waals surface area contributed by atoms with Gasteiger partial charge in [0.05, 0.1) is 0 Å². The van der Waals surface area contributed by atoms with Crippen LogP contribution in [0.1, 0.15) is 84.0 Å². The van der Waals surface area contributed by atoms with Gasteiger partial charge in [0.15, 0.2) is 0 Å². The first-order valence-electron chi connectivity index (χ1n) is 9.17. The molecule has 0 saturated heterocycles. The number of allylic oxidation sites excluding steroid dienone is 2. The van der Waals surface area contributed by atoms with Crippen molar-refractivity contribution in [3.05, 3.63) is 24.0 Å². The van der Waals surface area contributed by atoms with E-state index >= 15 is 0 Å². The van der Waals surface area contributed by atoms with Crippen LogP contribution in [-0.4, -0.2) is 0 Å². The van der Waals surface area contributed by atoms with Gasteiger partial charge in [0.1, 0.15) is 0 Å². The second-order valence-corrected chi connectivity index (χ2v) is 7.55. The van der Waals surface area contributed by atoms with Gasteiger partial charge in [-0.15, -0.1) is 0 Å². The average Bonchev–Trinajstić information content (AvgIpc) is 3.31. The quantitative estimate of drug-likeness (QED) is 0.552. The van der Waals surface area contributed by atoms with E-state index in [2.05, 4.69) is 19.1 Å². The highest BCUT2D eigenvalue weighted by Crippen LogP contribution is 2.45. The molecule has 0 aromatic rings. The van der Waals surface area contributed by atoms with Crippen molar-refractivity contribution in [3.8, 4) is 0 Å². The first-order chi connectivity index (χ1) is 9.85. The van der Waals surface area contributed by atoms with Gasteiger partial charge in [-0.3, -0.25) is 0 Å². The van der Waals surface area contributed by atoms with Crippen molar-refractivity contribution in [1.82, 2.24) is 0 Å². The summed E-state index contributed by atoms with van der Waals surface area (Å²) >= 11 is 0. The SMILES string of the molecule is C/C=C/[C]1CCC([C]2CCC(CCC3CC3)CC2)CC1. The highest BCUT2D eigenvalue weighted by atomic mass is 14.4. The topological polar surface area (TPSA) is 0 Å². The lowest BCUT2D eigenvalue weighted by atomic mass is 9.68. The lowest BCUT2D eigenvalue weighted by molar-refractivity contribution is 0.282. The number of rotatable bonds is 5. The maximum atomic E-state index is 2.36. The molecule has 0 unspecified atom stereocenters. The molecule has 0 nitrogen and oxygen atoms in total. The van der Waals surface area contributed by atoms with Crippen LogP contribution < -0.4 is 0 Å². The van der Waals surface area contributed by atoms with Crippen molar-refractivity contribution in [2.45, 2.75) is 84.0 Å². The van der Waals surface area contributed by atoms with Crippen molar-refractivity contribution in [3.63, 3.8) is 0 Å². The van der Waals surface area contributed by atoms with E-state index in [1.807, 2.05) is 5.92 Å². The fraction of sp³-hybridized carbons (Fsp3) is 0.800. The fourth-order valence-corrected chi connectivity index (χ4v) is 4.42. The van der Waals surface area contributed by atoms with Gasteiger partial charge in [0, 0.05) is 0 Å². The summed E-state index contributed by atoms with van der Waals surface area (Å²) in [6.45, 7) is 2.15. The van der Waals surface area contributed by atoms with Gasteiger partial charge < -0.3 is 0 Å². The molecule has 20 heavy (non-hydrogen) atoms. The summed E-state index contributed by atoms with van der Waals surface area (Å²) in [5.74, 6) is 6.84. The van der Waals surface area contributed by atoms with E-state index < -0.39 is 0 Å². The van der Waals surface area contributed by atoms with Crippen LogP contribution in [0.5, 0.6) is 0 Å². The number of hydrogen-bond acceptors (Lipinski definition) is 0. The molecular formula is C20H32. The van der Waals surface area contributed by atoms with E-state index in [-0.39, 0.29) is 0 Å². The van der Waals surface area contributed by atoms with Gasteiger partial charge in [-0.25, -0.2) is 0 Å². The van der Waals surface area contributed by atoms with Gasteiger partial charge >= 0.3 is 0 Å². The molecule has 0 aromatic heterocycles. The predicted octanol–water partition coefficient (Wildman–Crippen LogP) is 6.28. The first-order valence-corrected chi connectivity index (χ1v) is 9.17. The maximum Gasteiger partial charge on any atom is -0.00272 e. The standard InChI is InChI=1S/C20H32/c1-2-3-16-8-12-19(13-9-16)20-14-10-18(11-15-20)7-6-17-4-5-17/h2-3,17-19H,4-15H2,1H3/b3-2+. The van der Waals surface area contributed by atoms with Crippen LogP contribution in [0.3, 0.4) is 0 Å². The highest BCUT2D eigenvalue weighted by molar-refractivity contribution is 5.14. The summed E-state index contributed by atoms with van der Waals surface area (Å²) in [4.78, 5) is 0. The minimum absolute atomic E-state index is 0.980. The molecule has 3 aliphatic carbocycles. The summed E-state index contributed by atoms with van der Waals surface area (Å²) in [6.07, 6.45) is 22.3. The first kappa shape index (κ1) is 14.7. The predicted molar refractivity (Wildman–Crippen MR) is 87.2 cm³/mol. The zero-order chi connectivity index (χ0) is 13.8. The Bertz CT molecular complexity index is 296. The molecule has 0 aliphatic heterocycles. The summed E-state index contributed by atoms with van der Waals surface area (Å²) < 4.78 is 0. The molecule has 0 N–H and O–H groups in total. The summed E-state index contributed by atoms with van der Waals surface area (Å²) in [7, 11) is 0. The Hall–Kier alpha value is -0.260. The molecule has 3 fully saturated rings. The van der Waals surface area contributed by atoms with Gasteiger partial charge in [-0.05, 0) is 87.9 Å². The minimum atomic E-state index is 0.980. The zero-order valence-corrected chi connectivity index (χ0v) is 13.4. The van der Waals surface area contributed by atoms with E-state index in [0.29, 0.717) is 0 Å². The molecule has 3 aliphatic rings. The molecule has 3 rings (SSSR count). The highest BCUT2D eigenvalue weighted by Gasteiger charge is 2.31. The monoisotopic (exact) mass is 272 g/mol. The summed E-state index contributed by atoms with van der Waals surface area (Å²) in [6, 6.07) is 0. The normalized spacial score (nSPS) is 28.4. The molecule has 0 aromatic carbocycles. The summed E-state index contributed by atoms with van der Waals surface area (Å²) in [5, 5.41) is 0. The van der Waals surface area contributed by atoms with Gasteiger partial charge in [0.2, 0.25) is 0 Å². The molecule has 0 bridgehead atoms. The lowest BCUT2D eigenvalue weighted by Gasteiger charge is -2.37. The van der Waals surface area contributed by atoms with Crippen LogP contribution in [0.15, 0.2) is 12.2 Å². The Morgan fingerprint density at radius 1 is 0.800 bits per heavy atom. The molecule has 3 saturated carbocycles. The zero-order valence-electron chi connectivity index (χ0n) is 13.4. The molecular weight excluding hydrogens is 240 g/mol. The number of hydrogen-bond donors (Lipinski definition) is 0. The molecule has 112 valence electrons. The van der Waals surface area contributed by atoms with E-state index in [4.69, 9.17) is 0 Å².